The summed E-state index contributed by atoms with van der Waals surface area (Å²) in [5.74, 6) is -2.52. The third-order valence-corrected chi connectivity index (χ3v) is 6.44. The number of aromatic hydroxyl groups is 1. The van der Waals surface area contributed by atoms with E-state index >= 15 is 4.39 Å². The molecular weight excluding hydrogens is 451 g/mol. The lowest BCUT2D eigenvalue weighted by atomic mass is 9.97. The molecule has 0 amide bonds. The zero-order valence-electron chi connectivity index (χ0n) is 17.6. The second-order valence-corrected chi connectivity index (χ2v) is 8.96. The standard InChI is InChI=1S/C23H21FN2O6S/c1-2-32-21(29)9-6-14-4-3-5-15(10-14)16-7-8-17-12-19(27)23(22(24)18(17)11-16)26-13-20(28)25-33(26,30)31/h3-5,7-8,10-13,25,27-28H,2,6,9H2,1H3. The molecule has 3 aromatic carbocycles. The van der Waals surface area contributed by atoms with Crippen molar-refractivity contribution in [1.82, 2.24) is 4.72 Å². The van der Waals surface area contributed by atoms with Gasteiger partial charge < -0.3 is 14.9 Å². The maximum absolute atomic E-state index is 15.5. The predicted molar refractivity (Wildman–Crippen MR) is 121 cm³/mol. The van der Waals surface area contributed by atoms with Crippen LogP contribution in [0.2, 0.25) is 0 Å². The van der Waals surface area contributed by atoms with E-state index in [0.717, 1.165) is 17.3 Å². The number of aliphatic hydroxyl groups is 1. The van der Waals surface area contributed by atoms with Crippen LogP contribution in [0, 0.1) is 5.82 Å². The Labute approximate surface area is 189 Å². The molecule has 33 heavy (non-hydrogen) atoms. The molecule has 0 unspecified atom stereocenters. The molecule has 0 fully saturated rings. The lowest BCUT2D eigenvalue weighted by molar-refractivity contribution is -0.143. The van der Waals surface area contributed by atoms with Gasteiger partial charge in [0, 0.05) is 11.8 Å². The second-order valence-electron chi connectivity index (χ2n) is 7.42. The molecule has 3 N–H and O–H groups in total. The number of aryl methyl sites for hydroxylation is 1. The van der Waals surface area contributed by atoms with Crippen molar-refractivity contribution in [2.75, 3.05) is 10.9 Å². The van der Waals surface area contributed by atoms with E-state index in [4.69, 9.17) is 4.74 Å². The van der Waals surface area contributed by atoms with Crippen molar-refractivity contribution in [3.05, 3.63) is 72.0 Å². The molecule has 172 valence electrons. The minimum absolute atomic E-state index is 0.0900. The third kappa shape index (κ3) is 4.42. The number of carbonyl (C=O) groups excluding carboxylic acids is 1. The molecule has 1 aliphatic heterocycles. The highest BCUT2D eigenvalue weighted by Crippen LogP contribution is 2.40. The van der Waals surface area contributed by atoms with Gasteiger partial charge in [0.15, 0.2) is 5.82 Å². The van der Waals surface area contributed by atoms with E-state index in [9.17, 15) is 23.4 Å². The van der Waals surface area contributed by atoms with Crippen molar-refractivity contribution in [1.29, 1.82) is 0 Å². The molecule has 10 heteroatoms. The highest BCUT2D eigenvalue weighted by molar-refractivity contribution is 7.91. The van der Waals surface area contributed by atoms with Crippen LogP contribution in [0.5, 0.6) is 5.75 Å². The van der Waals surface area contributed by atoms with E-state index in [1.807, 2.05) is 29.0 Å². The fourth-order valence-electron chi connectivity index (χ4n) is 3.68. The number of phenolic OH excluding ortho intramolecular Hbond substituents is 1. The molecule has 0 atom stereocenters. The predicted octanol–water partition coefficient (Wildman–Crippen LogP) is 3.86. The number of hydrogen-bond acceptors (Lipinski definition) is 6. The van der Waals surface area contributed by atoms with Crippen LogP contribution in [-0.2, 0) is 26.2 Å². The van der Waals surface area contributed by atoms with Gasteiger partial charge in [-0.15, -0.1) is 0 Å². The van der Waals surface area contributed by atoms with Gasteiger partial charge in [-0.3, -0.25) is 4.79 Å². The number of hydrogen-bond donors (Lipinski definition) is 3. The first-order valence-corrected chi connectivity index (χ1v) is 11.6. The summed E-state index contributed by atoms with van der Waals surface area (Å²) in [5, 5.41) is 20.3. The lowest BCUT2D eigenvalue weighted by Gasteiger charge is -2.18. The fourth-order valence-corrected chi connectivity index (χ4v) is 4.74. The molecule has 8 nitrogen and oxygen atoms in total. The number of aliphatic hydroxyl groups excluding tert-OH is 1. The summed E-state index contributed by atoms with van der Waals surface area (Å²) in [6.45, 7) is 2.07. The number of nitrogens with one attached hydrogen (secondary N) is 1. The maximum Gasteiger partial charge on any atom is 0.330 e. The molecular formula is C23H21FN2O6S. The molecule has 1 heterocycles. The van der Waals surface area contributed by atoms with Crippen LogP contribution < -0.4 is 9.03 Å². The van der Waals surface area contributed by atoms with Gasteiger partial charge >= 0.3 is 16.2 Å². The molecule has 0 radical (unpaired) electrons. The Morgan fingerprint density at radius 3 is 2.58 bits per heavy atom. The lowest BCUT2D eigenvalue weighted by Crippen LogP contribution is -2.30. The number of nitrogens with zero attached hydrogens (tertiary/aromatic N) is 1. The van der Waals surface area contributed by atoms with Gasteiger partial charge in [-0.1, -0.05) is 36.4 Å². The largest absolute Gasteiger partial charge is 0.506 e. The van der Waals surface area contributed by atoms with Crippen molar-refractivity contribution in [2.24, 2.45) is 0 Å². The summed E-state index contributed by atoms with van der Waals surface area (Å²) in [6, 6.07) is 13.6. The normalized spacial score (nSPS) is 14.7. The summed E-state index contributed by atoms with van der Waals surface area (Å²) >= 11 is 0. The van der Waals surface area contributed by atoms with Gasteiger partial charge in [0.1, 0.15) is 11.4 Å². The third-order valence-electron chi connectivity index (χ3n) is 5.17. The van der Waals surface area contributed by atoms with Crippen molar-refractivity contribution in [3.8, 4) is 16.9 Å². The Kier molecular flexibility index (Phi) is 5.86. The van der Waals surface area contributed by atoms with Crippen LogP contribution in [-0.4, -0.2) is 31.2 Å². The molecule has 0 bridgehead atoms. The van der Waals surface area contributed by atoms with Gasteiger partial charge in [-0.05, 0) is 47.6 Å². The van der Waals surface area contributed by atoms with Gasteiger partial charge in [0.25, 0.3) is 0 Å². The Hall–Kier alpha value is -3.79. The molecule has 0 saturated carbocycles. The number of fused-ring (bicyclic) bond motifs is 1. The number of carbonyl (C=O) groups is 1. The molecule has 4 rings (SSSR count). The summed E-state index contributed by atoms with van der Waals surface area (Å²) in [4.78, 5) is 11.6. The Morgan fingerprint density at radius 2 is 1.88 bits per heavy atom. The van der Waals surface area contributed by atoms with Crippen LogP contribution in [0.4, 0.5) is 10.1 Å². The van der Waals surface area contributed by atoms with Gasteiger partial charge in [-0.25, -0.2) is 13.4 Å². The van der Waals surface area contributed by atoms with Crippen molar-refractivity contribution in [2.45, 2.75) is 19.8 Å². The minimum Gasteiger partial charge on any atom is -0.506 e. The number of phenols is 1. The quantitative estimate of drug-likeness (QED) is 0.469. The van der Waals surface area contributed by atoms with Crippen LogP contribution >= 0.6 is 0 Å². The zero-order chi connectivity index (χ0) is 23.8. The van der Waals surface area contributed by atoms with E-state index < -0.39 is 33.3 Å². The summed E-state index contributed by atoms with van der Waals surface area (Å²) in [7, 11) is -4.29. The average molecular weight is 472 g/mol. The highest BCUT2D eigenvalue weighted by atomic mass is 32.2. The number of benzene rings is 3. The molecule has 0 saturated heterocycles. The number of halogens is 1. The van der Waals surface area contributed by atoms with Gasteiger partial charge in [0.05, 0.1) is 12.8 Å². The SMILES string of the molecule is CCOC(=O)CCc1cccc(-c2ccc3cc(O)c(N4C=C(O)NS4(=O)=O)c(F)c3c2)c1. The minimum atomic E-state index is -4.29. The van der Waals surface area contributed by atoms with Crippen LogP contribution in [0.15, 0.2) is 60.6 Å². The first-order valence-electron chi connectivity index (χ1n) is 10.1. The molecule has 3 aromatic rings. The first kappa shape index (κ1) is 22.4. The summed E-state index contributed by atoms with van der Waals surface area (Å²) in [6.07, 6.45) is 1.50. The van der Waals surface area contributed by atoms with Crippen LogP contribution in [0.1, 0.15) is 18.9 Å². The monoisotopic (exact) mass is 472 g/mol. The smallest absolute Gasteiger partial charge is 0.330 e. The van der Waals surface area contributed by atoms with Gasteiger partial charge in [0.2, 0.25) is 5.88 Å². The van der Waals surface area contributed by atoms with E-state index in [1.165, 1.54) is 6.07 Å². The topological polar surface area (TPSA) is 116 Å². The Balaban J connectivity index is 1.73. The molecule has 1 aliphatic rings. The average Bonchev–Trinajstić information content (AvgIpc) is 3.04. The van der Waals surface area contributed by atoms with Crippen molar-refractivity contribution in [3.63, 3.8) is 0 Å². The fraction of sp³-hybridized carbons (Fsp3) is 0.174. The molecule has 0 spiro atoms. The van der Waals surface area contributed by atoms with Crippen molar-refractivity contribution < 1.29 is 32.6 Å². The van der Waals surface area contributed by atoms with E-state index in [2.05, 4.69) is 0 Å². The number of esters is 1. The van der Waals surface area contributed by atoms with Crippen LogP contribution in [0.3, 0.4) is 0 Å². The number of rotatable bonds is 6. The first-order chi connectivity index (χ1) is 15.7. The van der Waals surface area contributed by atoms with E-state index in [-0.39, 0.29) is 17.8 Å². The molecule has 0 aromatic heterocycles. The highest BCUT2D eigenvalue weighted by Gasteiger charge is 2.33. The van der Waals surface area contributed by atoms with E-state index in [1.54, 1.807) is 25.1 Å². The second kappa shape index (κ2) is 8.62. The number of ether oxygens (including phenoxy) is 1. The number of anilines is 1. The maximum atomic E-state index is 15.5. The summed E-state index contributed by atoms with van der Waals surface area (Å²) in [5.41, 5.74) is 1.75. The Morgan fingerprint density at radius 1 is 1.12 bits per heavy atom. The molecule has 0 aliphatic carbocycles. The zero-order valence-corrected chi connectivity index (χ0v) is 18.4. The van der Waals surface area contributed by atoms with E-state index in [0.29, 0.717) is 28.3 Å². The van der Waals surface area contributed by atoms with Gasteiger partial charge in [-0.2, -0.15) is 8.42 Å². The van der Waals surface area contributed by atoms with Crippen LogP contribution in [0.25, 0.3) is 21.9 Å². The Bertz CT molecular complexity index is 1390. The van der Waals surface area contributed by atoms with Crippen molar-refractivity contribution >= 4 is 32.6 Å². The summed E-state index contributed by atoms with van der Waals surface area (Å²) < 4.78 is 47.0.